The number of hydrogen-bond donors (Lipinski definition) is 1. The number of ether oxygens (including phenoxy) is 1. The maximum absolute atomic E-state index is 10.6. The van der Waals surface area contributed by atoms with Crippen molar-refractivity contribution in [2.45, 2.75) is 19.4 Å². The summed E-state index contributed by atoms with van der Waals surface area (Å²) < 4.78 is 11.3. The van der Waals surface area contributed by atoms with Gasteiger partial charge >= 0.3 is 0 Å². The number of hydrogen-bond acceptors (Lipinski definition) is 7. The van der Waals surface area contributed by atoms with Crippen LogP contribution in [0.1, 0.15) is 18.6 Å². The zero-order chi connectivity index (χ0) is 22.2. The van der Waals surface area contributed by atoms with E-state index in [0.717, 1.165) is 41.0 Å². The Bertz CT molecular complexity index is 1200. The van der Waals surface area contributed by atoms with Gasteiger partial charge in [0.2, 0.25) is 6.41 Å². The fourth-order valence-corrected chi connectivity index (χ4v) is 4.14. The number of anilines is 1. The molecule has 2 atom stereocenters. The lowest BCUT2D eigenvalue weighted by Crippen LogP contribution is -2.51. The van der Waals surface area contributed by atoms with Gasteiger partial charge in [0, 0.05) is 75.6 Å². The summed E-state index contributed by atoms with van der Waals surface area (Å²) in [5.41, 5.74) is 5.25. The van der Waals surface area contributed by atoms with E-state index in [4.69, 9.17) is 4.74 Å². The molecule has 168 valence electrons. The third-order valence-corrected chi connectivity index (χ3v) is 6.02. The Morgan fingerprint density at radius 1 is 0.875 bits per heavy atom. The van der Waals surface area contributed by atoms with E-state index >= 15 is 0 Å². The maximum Gasteiger partial charge on any atom is 0.216 e. The summed E-state index contributed by atoms with van der Waals surface area (Å²) in [6, 6.07) is 4.20. The molecule has 0 aliphatic carbocycles. The molecular weight excluding hydrogens is 408 g/mol. The van der Waals surface area contributed by atoms with Crippen LogP contribution in [0.5, 0.6) is 0 Å². The quantitative estimate of drug-likeness (QED) is 0.460. The summed E-state index contributed by atoms with van der Waals surface area (Å²) >= 11 is 0. The summed E-state index contributed by atoms with van der Waals surface area (Å²) in [6.45, 7) is 4.90. The van der Waals surface area contributed by atoms with Crippen LogP contribution in [0.15, 0.2) is 49.3 Å². The summed E-state index contributed by atoms with van der Waals surface area (Å²) in [5, 5.41) is 23.6. The Hall–Kier alpha value is -3.21. The minimum absolute atomic E-state index is 0.231. The molecule has 1 saturated heterocycles. The maximum atomic E-state index is 10.6. The predicted molar refractivity (Wildman–Crippen MR) is 120 cm³/mol. The van der Waals surface area contributed by atoms with E-state index in [1.807, 2.05) is 61.4 Å². The highest BCUT2D eigenvalue weighted by Gasteiger charge is 2.26. The van der Waals surface area contributed by atoms with Crippen molar-refractivity contribution < 1.29 is 9.84 Å². The average molecular weight is 437 g/mol. The van der Waals surface area contributed by atoms with Crippen molar-refractivity contribution in [2.75, 3.05) is 31.1 Å². The average Bonchev–Trinajstić information content (AvgIpc) is 3.53. The van der Waals surface area contributed by atoms with Gasteiger partial charge < -0.3 is 14.7 Å². The molecule has 10 heteroatoms. The lowest BCUT2D eigenvalue weighted by atomic mass is 10.1. The van der Waals surface area contributed by atoms with Gasteiger partial charge in [-0.05, 0) is 13.0 Å². The Labute approximate surface area is 186 Å². The molecule has 0 spiro atoms. The highest BCUT2D eigenvalue weighted by molar-refractivity contribution is 5.75. The molecule has 0 aromatic carbocycles. The Balaban J connectivity index is 1.23. The fraction of sp³-hybridized carbons (Fsp3) is 0.409. The number of fused-ring (bicyclic) bond motifs is 1. The van der Waals surface area contributed by atoms with Crippen LogP contribution < -0.4 is 4.90 Å². The monoisotopic (exact) mass is 436 g/mol. The first-order valence-electron chi connectivity index (χ1n) is 10.8. The predicted octanol–water partition coefficient (Wildman–Crippen LogP) is 1.64. The van der Waals surface area contributed by atoms with E-state index in [1.54, 1.807) is 15.6 Å². The molecule has 32 heavy (non-hydrogen) atoms. The Kier molecular flexibility index (Phi) is 5.41. The summed E-state index contributed by atoms with van der Waals surface area (Å²) in [4.78, 5) is 4.26. The van der Waals surface area contributed by atoms with E-state index < -0.39 is 6.41 Å². The first kappa shape index (κ1) is 20.7. The second kappa shape index (κ2) is 8.38. The lowest BCUT2D eigenvalue weighted by Gasteiger charge is -2.38. The van der Waals surface area contributed by atoms with Crippen LogP contribution in [-0.2, 0) is 18.8 Å². The third kappa shape index (κ3) is 3.99. The summed E-state index contributed by atoms with van der Waals surface area (Å²) in [6.07, 6.45) is 10.3. The molecule has 2 unspecified atom stereocenters. The number of pyridine rings is 1. The van der Waals surface area contributed by atoms with Crippen molar-refractivity contribution in [2.24, 2.45) is 14.1 Å². The topological polar surface area (TPSA) is 88.9 Å². The highest BCUT2D eigenvalue weighted by atomic mass is 16.6. The van der Waals surface area contributed by atoms with E-state index in [1.165, 1.54) is 0 Å². The molecule has 1 fully saturated rings. The fourth-order valence-electron chi connectivity index (χ4n) is 4.14. The molecule has 1 aliphatic heterocycles. The molecule has 0 radical (unpaired) electrons. The molecule has 0 bridgehead atoms. The summed E-state index contributed by atoms with van der Waals surface area (Å²) in [5.74, 6) is 0. The number of piperazine rings is 1. The minimum atomic E-state index is -0.946. The van der Waals surface area contributed by atoms with Gasteiger partial charge in [-0.2, -0.15) is 15.3 Å². The van der Waals surface area contributed by atoms with Gasteiger partial charge in [0.05, 0.1) is 35.9 Å². The molecule has 4 aromatic heterocycles. The molecular formula is C22H28N8O2. The number of aromatic nitrogens is 6. The molecule has 4 aromatic rings. The molecule has 0 amide bonds. The molecule has 1 N–H and O–H groups in total. The molecule has 10 nitrogen and oxygen atoms in total. The number of aliphatic hydroxyl groups excluding tert-OH is 1. The zero-order valence-corrected chi connectivity index (χ0v) is 18.5. The van der Waals surface area contributed by atoms with E-state index in [2.05, 4.69) is 32.3 Å². The number of aryl methyl sites for hydroxylation is 2. The summed E-state index contributed by atoms with van der Waals surface area (Å²) in [7, 11) is 3.78. The van der Waals surface area contributed by atoms with Crippen molar-refractivity contribution in [1.82, 2.24) is 34.1 Å². The van der Waals surface area contributed by atoms with Gasteiger partial charge in [-0.3, -0.25) is 14.3 Å². The highest BCUT2D eigenvalue weighted by Crippen LogP contribution is 2.27. The van der Waals surface area contributed by atoms with Crippen LogP contribution in [0.3, 0.4) is 0 Å². The van der Waals surface area contributed by atoms with E-state index in [-0.39, 0.29) is 6.10 Å². The molecule has 0 saturated carbocycles. The van der Waals surface area contributed by atoms with Crippen LogP contribution in [0.25, 0.3) is 16.6 Å². The minimum Gasteiger partial charge on any atom is -0.366 e. The second-order valence-corrected chi connectivity index (χ2v) is 8.26. The number of aliphatic hydroxyl groups is 1. The third-order valence-electron chi connectivity index (χ3n) is 6.02. The van der Waals surface area contributed by atoms with Crippen molar-refractivity contribution in [3.63, 3.8) is 0 Å². The van der Waals surface area contributed by atoms with Gasteiger partial charge in [0.1, 0.15) is 0 Å². The first-order valence-corrected chi connectivity index (χ1v) is 10.8. The molecule has 5 heterocycles. The van der Waals surface area contributed by atoms with Gasteiger partial charge in [-0.25, -0.2) is 4.52 Å². The normalized spacial score (nSPS) is 17.2. The molecule has 1 aliphatic rings. The van der Waals surface area contributed by atoms with Gasteiger partial charge in [0.25, 0.3) is 0 Å². The number of rotatable bonds is 6. The first-order chi connectivity index (χ1) is 15.5. The van der Waals surface area contributed by atoms with Crippen molar-refractivity contribution in [1.29, 1.82) is 0 Å². The van der Waals surface area contributed by atoms with Crippen molar-refractivity contribution in [3.8, 4) is 11.1 Å². The number of nitrogens with zero attached hydrogens (tertiary/aromatic N) is 8. The van der Waals surface area contributed by atoms with Crippen LogP contribution in [0.2, 0.25) is 0 Å². The van der Waals surface area contributed by atoms with Crippen LogP contribution in [0, 0.1) is 0 Å². The van der Waals surface area contributed by atoms with Crippen LogP contribution in [-0.4, -0.2) is 71.8 Å². The second-order valence-electron chi connectivity index (χ2n) is 8.26. The standard InChI is InChI=1S/C22H28N8O2/c1-16(18-10-23-26(2)13-18)32-22(31)29-8-6-28(7-9-29)21-12-25-30-15-17(4-5-20(21)30)19-11-24-27(3)14-19/h4-5,10-16,22,31H,6-9H2,1-3H3. The SMILES string of the molecule is CC(OC(O)N1CCN(c2cnn3cc(-c4cnn(C)c4)ccc23)CC1)c1cnn(C)c1. The smallest absolute Gasteiger partial charge is 0.216 e. The molecule has 5 rings (SSSR count). The van der Waals surface area contributed by atoms with Gasteiger partial charge in [-0.1, -0.05) is 6.07 Å². The largest absolute Gasteiger partial charge is 0.366 e. The zero-order valence-electron chi connectivity index (χ0n) is 18.5. The Morgan fingerprint density at radius 2 is 1.62 bits per heavy atom. The van der Waals surface area contributed by atoms with Gasteiger partial charge in [0.15, 0.2) is 0 Å². The lowest BCUT2D eigenvalue weighted by molar-refractivity contribution is -0.217. The van der Waals surface area contributed by atoms with E-state index in [0.29, 0.717) is 13.1 Å². The van der Waals surface area contributed by atoms with Crippen molar-refractivity contribution in [3.05, 3.63) is 54.9 Å². The van der Waals surface area contributed by atoms with Gasteiger partial charge in [-0.15, -0.1) is 0 Å². The van der Waals surface area contributed by atoms with Crippen LogP contribution in [0.4, 0.5) is 5.69 Å². The Morgan fingerprint density at radius 3 is 2.31 bits per heavy atom. The van der Waals surface area contributed by atoms with E-state index in [9.17, 15) is 5.11 Å². The van der Waals surface area contributed by atoms with Crippen LogP contribution >= 0.6 is 0 Å². The van der Waals surface area contributed by atoms with Crippen molar-refractivity contribution >= 4 is 11.2 Å².